The van der Waals surface area contributed by atoms with Gasteiger partial charge in [0.2, 0.25) is 0 Å². The van der Waals surface area contributed by atoms with Gasteiger partial charge in [-0.15, -0.1) is 0 Å². The van der Waals surface area contributed by atoms with Crippen molar-refractivity contribution in [1.82, 2.24) is 15.3 Å². The SMILES string of the molecule is CC(C)CNC(=O)c1ccccc1NS(=O)(=O)c1ccc2[nH]c(=O)[nH]c2c1. The topological polar surface area (TPSA) is 124 Å². The number of hydrogen-bond donors (Lipinski definition) is 4. The molecular formula is C18H20N4O4S. The average Bonchev–Trinajstić information content (AvgIpc) is 2.99. The van der Waals surface area contributed by atoms with Crippen molar-refractivity contribution in [3.63, 3.8) is 0 Å². The summed E-state index contributed by atoms with van der Waals surface area (Å²) in [4.78, 5) is 28.8. The quantitative estimate of drug-likeness (QED) is 0.516. The van der Waals surface area contributed by atoms with Gasteiger partial charge in [-0.25, -0.2) is 13.2 Å². The van der Waals surface area contributed by atoms with Crippen LogP contribution in [-0.2, 0) is 10.0 Å². The molecule has 0 aliphatic carbocycles. The van der Waals surface area contributed by atoms with Crippen molar-refractivity contribution in [2.75, 3.05) is 11.3 Å². The summed E-state index contributed by atoms with van der Waals surface area (Å²) in [6, 6.07) is 10.6. The molecule has 0 atom stereocenters. The second kappa shape index (κ2) is 7.28. The molecule has 0 radical (unpaired) electrons. The highest BCUT2D eigenvalue weighted by atomic mass is 32.2. The maximum Gasteiger partial charge on any atom is 0.323 e. The summed E-state index contributed by atoms with van der Waals surface area (Å²) in [6.45, 7) is 4.42. The van der Waals surface area contributed by atoms with Crippen molar-refractivity contribution in [3.05, 3.63) is 58.5 Å². The molecule has 0 saturated carbocycles. The number of imidazole rings is 1. The van der Waals surface area contributed by atoms with Crippen LogP contribution in [0.25, 0.3) is 11.0 Å². The fourth-order valence-corrected chi connectivity index (χ4v) is 3.65. The number of amides is 1. The molecule has 0 unspecified atom stereocenters. The van der Waals surface area contributed by atoms with Gasteiger partial charge in [-0.2, -0.15) is 0 Å². The van der Waals surface area contributed by atoms with E-state index >= 15 is 0 Å². The number of para-hydroxylation sites is 1. The Morgan fingerprint density at radius 2 is 1.78 bits per heavy atom. The molecule has 0 aliphatic heterocycles. The third-order valence-electron chi connectivity index (χ3n) is 3.88. The van der Waals surface area contributed by atoms with Gasteiger partial charge in [0.1, 0.15) is 0 Å². The van der Waals surface area contributed by atoms with Gasteiger partial charge in [-0.05, 0) is 36.2 Å². The Hall–Kier alpha value is -3.07. The molecule has 1 amide bonds. The molecule has 0 spiro atoms. The molecule has 9 heteroatoms. The van der Waals surface area contributed by atoms with Crippen molar-refractivity contribution >= 4 is 32.7 Å². The Bertz CT molecular complexity index is 1150. The molecule has 8 nitrogen and oxygen atoms in total. The molecule has 3 rings (SSSR count). The first-order valence-corrected chi connectivity index (χ1v) is 9.86. The van der Waals surface area contributed by atoms with Crippen LogP contribution in [0.4, 0.5) is 5.69 Å². The standard InChI is InChI=1S/C18H20N4O4S/c1-11(2)10-19-17(23)13-5-3-4-6-14(13)22-27(25,26)12-7-8-15-16(9-12)21-18(24)20-15/h3-9,11,22H,10H2,1-2H3,(H,19,23)(H2,20,21,24). The second-order valence-corrected chi connectivity index (χ2v) is 8.22. The second-order valence-electron chi connectivity index (χ2n) is 6.54. The lowest BCUT2D eigenvalue weighted by atomic mass is 10.1. The number of sulfonamides is 1. The smallest absolute Gasteiger partial charge is 0.323 e. The monoisotopic (exact) mass is 388 g/mol. The molecule has 1 heterocycles. The zero-order chi connectivity index (χ0) is 19.6. The molecule has 142 valence electrons. The number of rotatable bonds is 6. The van der Waals surface area contributed by atoms with Crippen LogP contribution in [0.5, 0.6) is 0 Å². The van der Waals surface area contributed by atoms with Gasteiger partial charge in [-0.1, -0.05) is 26.0 Å². The molecule has 1 aromatic heterocycles. The lowest BCUT2D eigenvalue weighted by Crippen LogP contribution is -2.28. The van der Waals surface area contributed by atoms with Crippen LogP contribution in [0, 0.1) is 5.92 Å². The zero-order valence-corrected chi connectivity index (χ0v) is 15.7. The lowest BCUT2D eigenvalue weighted by molar-refractivity contribution is 0.0950. The molecule has 27 heavy (non-hydrogen) atoms. The van der Waals surface area contributed by atoms with E-state index in [9.17, 15) is 18.0 Å². The van der Waals surface area contributed by atoms with E-state index in [0.717, 1.165) is 0 Å². The predicted molar refractivity (Wildman–Crippen MR) is 103 cm³/mol. The first-order valence-electron chi connectivity index (χ1n) is 8.38. The summed E-state index contributed by atoms with van der Waals surface area (Å²) in [5, 5.41) is 2.77. The maximum atomic E-state index is 12.7. The number of carbonyl (C=O) groups is 1. The van der Waals surface area contributed by atoms with E-state index < -0.39 is 15.7 Å². The minimum absolute atomic E-state index is 0.0253. The molecule has 4 N–H and O–H groups in total. The van der Waals surface area contributed by atoms with Crippen molar-refractivity contribution in [1.29, 1.82) is 0 Å². The van der Waals surface area contributed by atoms with E-state index in [1.807, 2.05) is 13.8 Å². The number of anilines is 1. The Morgan fingerprint density at radius 1 is 1.07 bits per heavy atom. The lowest BCUT2D eigenvalue weighted by Gasteiger charge is -2.13. The van der Waals surface area contributed by atoms with Gasteiger partial charge < -0.3 is 15.3 Å². The van der Waals surface area contributed by atoms with Crippen molar-refractivity contribution < 1.29 is 13.2 Å². The van der Waals surface area contributed by atoms with Gasteiger partial charge in [0, 0.05) is 6.54 Å². The molecule has 0 aliphatic rings. The van der Waals surface area contributed by atoms with E-state index in [1.165, 1.54) is 24.3 Å². The highest BCUT2D eigenvalue weighted by Crippen LogP contribution is 2.22. The first-order chi connectivity index (χ1) is 12.8. The highest BCUT2D eigenvalue weighted by molar-refractivity contribution is 7.92. The Morgan fingerprint density at radius 3 is 2.52 bits per heavy atom. The molecule has 3 aromatic rings. The summed E-state index contributed by atoms with van der Waals surface area (Å²) in [5.41, 5.74) is 0.886. The minimum atomic E-state index is -3.95. The van der Waals surface area contributed by atoms with Gasteiger partial charge in [-0.3, -0.25) is 9.52 Å². The third kappa shape index (κ3) is 4.20. The molecule has 0 saturated heterocycles. The van der Waals surface area contributed by atoms with Gasteiger partial charge in [0.05, 0.1) is 27.2 Å². The summed E-state index contributed by atoms with van der Waals surface area (Å²) in [5.74, 6) is -0.0829. The maximum absolute atomic E-state index is 12.7. The van der Waals surface area contributed by atoms with Gasteiger partial charge >= 0.3 is 5.69 Å². The van der Waals surface area contributed by atoms with Crippen LogP contribution in [0.2, 0.25) is 0 Å². The number of H-pyrrole nitrogens is 2. The molecule has 2 aromatic carbocycles. The Kier molecular flexibility index (Phi) is 5.04. The van der Waals surface area contributed by atoms with Crippen LogP contribution in [0.3, 0.4) is 0 Å². The van der Waals surface area contributed by atoms with Gasteiger partial charge in [0.25, 0.3) is 15.9 Å². The fourth-order valence-electron chi connectivity index (χ4n) is 2.54. The third-order valence-corrected chi connectivity index (χ3v) is 5.25. The number of aromatic amines is 2. The summed E-state index contributed by atoms with van der Waals surface area (Å²) < 4.78 is 27.9. The molecular weight excluding hydrogens is 368 g/mol. The normalized spacial score (nSPS) is 11.7. The van der Waals surface area contributed by atoms with E-state index in [1.54, 1.807) is 18.2 Å². The van der Waals surface area contributed by atoms with E-state index in [4.69, 9.17) is 0 Å². The number of aromatic nitrogens is 2. The molecule has 0 fully saturated rings. The predicted octanol–water partition coefficient (Wildman–Crippen LogP) is 2.04. The van der Waals surface area contributed by atoms with Crippen LogP contribution >= 0.6 is 0 Å². The summed E-state index contributed by atoms with van der Waals surface area (Å²) >= 11 is 0. The van der Waals surface area contributed by atoms with Crippen molar-refractivity contribution in [2.45, 2.75) is 18.7 Å². The summed E-state index contributed by atoms with van der Waals surface area (Å²) in [6.07, 6.45) is 0. The zero-order valence-electron chi connectivity index (χ0n) is 14.9. The minimum Gasteiger partial charge on any atom is -0.352 e. The highest BCUT2D eigenvalue weighted by Gasteiger charge is 2.19. The number of benzene rings is 2. The van der Waals surface area contributed by atoms with E-state index in [2.05, 4.69) is 20.0 Å². The number of hydrogen-bond acceptors (Lipinski definition) is 4. The van der Waals surface area contributed by atoms with Crippen LogP contribution in [0.1, 0.15) is 24.2 Å². The number of carbonyl (C=O) groups excluding carboxylic acids is 1. The number of fused-ring (bicyclic) bond motifs is 1. The largest absolute Gasteiger partial charge is 0.352 e. The fraction of sp³-hybridized carbons (Fsp3) is 0.222. The molecule has 0 bridgehead atoms. The van der Waals surface area contributed by atoms with Crippen LogP contribution < -0.4 is 15.7 Å². The average molecular weight is 388 g/mol. The Labute approximate surface area is 156 Å². The van der Waals surface area contributed by atoms with Gasteiger partial charge in [0.15, 0.2) is 0 Å². The first kappa shape index (κ1) is 18.7. The van der Waals surface area contributed by atoms with Crippen molar-refractivity contribution in [2.24, 2.45) is 5.92 Å². The Balaban J connectivity index is 1.91. The van der Waals surface area contributed by atoms with E-state index in [0.29, 0.717) is 17.6 Å². The van der Waals surface area contributed by atoms with Crippen LogP contribution in [0.15, 0.2) is 52.2 Å². The number of nitrogens with one attached hydrogen (secondary N) is 4. The van der Waals surface area contributed by atoms with Crippen LogP contribution in [-0.4, -0.2) is 30.8 Å². The van der Waals surface area contributed by atoms with Crippen molar-refractivity contribution in [3.8, 4) is 0 Å². The summed E-state index contributed by atoms with van der Waals surface area (Å²) in [7, 11) is -3.95. The van der Waals surface area contributed by atoms with E-state index in [-0.39, 0.29) is 28.0 Å².